The minimum absolute atomic E-state index is 0.121. The number of hydrogen-bond donors (Lipinski definition) is 0. The molecule has 5 rings (SSSR count). The molecule has 0 heterocycles. The molecule has 4 aromatic carbocycles. The van der Waals surface area contributed by atoms with Crippen LogP contribution in [-0.2, 0) is 5.41 Å². The van der Waals surface area contributed by atoms with E-state index in [-0.39, 0.29) is 5.41 Å². The molecule has 0 aliphatic heterocycles. The molecular formula is C45H58. The van der Waals surface area contributed by atoms with Crippen molar-refractivity contribution in [2.75, 3.05) is 0 Å². The highest BCUT2D eigenvalue weighted by Gasteiger charge is 2.42. The van der Waals surface area contributed by atoms with E-state index < -0.39 is 0 Å². The van der Waals surface area contributed by atoms with Crippen LogP contribution in [0.2, 0.25) is 0 Å². The summed E-state index contributed by atoms with van der Waals surface area (Å²) < 4.78 is 0. The maximum atomic E-state index is 2.60. The fraction of sp³-hybridized carbons (Fsp3) is 0.467. The van der Waals surface area contributed by atoms with Crippen molar-refractivity contribution in [3.05, 3.63) is 106 Å². The zero-order valence-electron chi connectivity index (χ0n) is 29.3. The van der Waals surface area contributed by atoms with Gasteiger partial charge in [-0.1, -0.05) is 169 Å². The Labute approximate surface area is 275 Å². The highest BCUT2D eigenvalue weighted by atomic mass is 14.4. The van der Waals surface area contributed by atoms with E-state index in [1.165, 1.54) is 146 Å². The molecular weight excluding hydrogens is 540 g/mol. The van der Waals surface area contributed by atoms with Crippen LogP contribution in [-0.4, -0.2) is 0 Å². The molecule has 0 fully saturated rings. The van der Waals surface area contributed by atoms with Gasteiger partial charge in [-0.05, 0) is 102 Å². The molecule has 45 heavy (non-hydrogen) atoms. The summed E-state index contributed by atoms with van der Waals surface area (Å²) in [5.41, 5.74) is 17.1. The lowest BCUT2D eigenvalue weighted by atomic mass is 9.70. The average Bonchev–Trinajstić information content (AvgIpc) is 3.29. The molecule has 1 aliphatic carbocycles. The molecule has 0 unspecified atom stereocenters. The number of unbranched alkanes of at least 4 members (excludes halogenated alkanes) is 10. The molecule has 0 saturated carbocycles. The van der Waals surface area contributed by atoms with E-state index in [2.05, 4.69) is 114 Å². The smallest absolute Gasteiger partial charge is 0.0215 e. The first-order valence-corrected chi connectivity index (χ1v) is 18.3. The second-order valence-corrected chi connectivity index (χ2v) is 14.3. The van der Waals surface area contributed by atoms with Gasteiger partial charge in [-0.25, -0.2) is 0 Å². The molecule has 0 amide bonds. The van der Waals surface area contributed by atoms with Gasteiger partial charge >= 0.3 is 0 Å². The fourth-order valence-corrected chi connectivity index (χ4v) is 8.13. The third-order valence-electron chi connectivity index (χ3n) is 10.7. The van der Waals surface area contributed by atoms with Gasteiger partial charge in [0.05, 0.1) is 0 Å². The van der Waals surface area contributed by atoms with Crippen LogP contribution in [0.15, 0.2) is 72.8 Å². The summed E-state index contributed by atoms with van der Waals surface area (Å²) in [4.78, 5) is 0. The first-order valence-electron chi connectivity index (χ1n) is 18.3. The average molecular weight is 599 g/mol. The molecule has 238 valence electrons. The highest BCUT2D eigenvalue weighted by molar-refractivity contribution is 5.85. The predicted octanol–water partition coefficient (Wildman–Crippen LogP) is 14.0. The summed E-state index contributed by atoms with van der Waals surface area (Å²) >= 11 is 0. The zero-order chi connectivity index (χ0) is 31.8. The number of rotatable bonds is 16. The van der Waals surface area contributed by atoms with Crippen LogP contribution in [0.1, 0.15) is 137 Å². The maximum absolute atomic E-state index is 2.60. The minimum Gasteiger partial charge on any atom is -0.0654 e. The van der Waals surface area contributed by atoms with Gasteiger partial charge in [-0.15, -0.1) is 0 Å². The van der Waals surface area contributed by atoms with Crippen LogP contribution in [0, 0.1) is 27.7 Å². The van der Waals surface area contributed by atoms with Crippen molar-refractivity contribution >= 4 is 0 Å². The Morgan fingerprint density at radius 3 is 1.38 bits per heavy atom. The van der Waals surface area contributed by atoms with Gasteiger partial charge in [-0.2, -0.15) is 0 Å². The van der Waals surface area contributed by atoms with Gasteiger partial charge in [0, 0.05) is 5.41 Å². The van der Waals surface area contributed by atoms with Crippen molar-refractivity contribution < 1.29 is 0 Å². The third kappa shape index (κ3) is 7.48. The number of hydrogen-bond acceptors (Lipinski definition) is 0. The Balaban J connectivity index is 1.51. The van der Waals surface area contributed by atoms with E-state index in [0.29, 0.717) is 0 Å². The van der Waals surface area contributed by atoms with E-state index in [9.17, 15) is 0 Å². The number of aryl methyl sites for hydroxylation is 4. The third-order valence-corrected chi connectivity index (χ3v) is 10.7. The van der Waals surface area contributed by atoms with Crippen LogP contribution in [0.3, 0.4) is 0 Å². The molecule has 0 atom stereocenters. The van der Waals surface area contributed by atoms with E-state index in [1.54, 1.807) is 11.1 Å². The first kappa shape index (κ1) is 33.2. The lowest BCUT2D eigenvalue weighted by molar-refractivity contribution is 0.398. The van der Waals surface area contributed by atoms with Crippen LogP contribution in [0.4, 0.5) is 0 Å². The Morgan fingerprint density at radius 2 is 0.822 bits per heavy atom. The van der Waals surface area contributed by atoms with Crippen molar-refractivity contribution in [2.45, 2.75) is 137 Å². The van der Waals surface area contributed by atoms with Gasteiger partial charge in [0.2, 0.25) is 0 Å². The van der Waals surface area contributed by atoms with Crippen LogP contribution in [0.25, 0.3) is 33.4 Å². The van der Waals surface area contributed by atoms with Gasteiger partial charge in [0.25, 0.3) is 0 Å². The molecule has 0 saturated heterocycles. The van der Waals surface area contributed by atoms with Crippen LogP contribution >= 0.6 is 0 Å². The quantitative estimate of drug-likeness (QED) is 0.113. The lowest BCUT2D eigenvalue weighted by Crippen LogP contribution is -2.25. The molecule has 0 spiro atoms. The Hall–Kier alpha value is -3.12. The Morgan fingerprint density at radius 1 is 0.400 bits per heavy atom. The molecule has 0 bridgehead atoms. The molecule has 0 aromatic heterocycles. The van der Waals surface area contributed by atoms with Gasteiger partial charge in [-0.3, -0.25) is 0 Å². The standard InChI is InChI=1S/C45H58/c1-7-9-11-13-15-17-27-45(28-18-16-14-12-10-8-2)43-30-34(4)20-24-41(43)42-26-22-38(32-44(42)45)37-21-25-40(36(6)31-37)39-23-19-33(3)29-35(39)5/h19-26,29-32H,7-18,27-28H2,1-6H3. The van der Waals surface area contributed by atoms with Gasteiger partial charge < -0.3 is 0 Å². The maximum Gasteiger partial charge on any atom is 0.0215 e. The summed E-state index contributed by atoms with van der Waals surface area (Å²) in [6.07, 6.45) is 18.8. The molecule has 4 aromatic rings. The van der Waals surface area contributed by atoms with Crippen LogP contribution < -0.4 is 0 Å². The largest absolute Gasteiger partial charge is 0.0654 e. The van der Waals surface area contributed by atoms with Crippen molar-refractivity contribution in [1.29, 1.82) is 0 Å². The Bertz CT molecular complexity index is 1550. The zero-order valence-corrected chi connectivity index (χ0v) is 29.3. The molecule has 0 N–H and O–H groups in total. The number of benzene rings is 4. The summed E-state index contributed by atoms with van der Waals surface area (Å²) in [5.74, 6) is 0. The molecule has 0 radical (unpaired) electrons. The van der Waals surface area contributed by atoms with E-state index in [4.69, 9.17) is 0 Å². The fourth-order valence-electron chi connectivity index (χ4n) is 8.13. The predicted molar refractivity (Wildman–Crippen MR) is 198 cm³/mol. The summed E-state index contributed by atoms with van der Waals surface area (Å²) in [6.45, 7) is 13.6. The minimum atomic E-state index is 0.121. The van der Waals surface area contributed by atoms with Crippen molar-refractivity contribution in [3.63, 3.8) is 0 Å². The second kappa shape index (κ2) is 15.4. The summed E-state index contributed by atoms with van der Waals surface area (Å²) in [7, 11) is 0. The molecule has 0 nitrogen and oxygen atoms in total. The second-order valence-electron chi connectivity index (χ2n) is 14.3. The van der Waals surface area contributed by atoms with Crippen molar-refractivity contribution in [1.82, 2.24) is 0 Å². The SMILES string of the molecule is CCCCCCCCC1(CCCCCCCC)c2cc(C)ccc2-c2ccc(-c3ccc(-c4ccc(C)cc4C)c(C)c3)cc21. The monoisotopic (exact) mass is 598 g/mol. The summed E-state index contributed by atoms with van der Waals surface area (Å²) in [6, 6.07) is 28.7. The molecule has 0 heteroatoms. The van der Waals surface area contributed by atoms with Crippen LogP contribution in [0.5, 0.6) is 0 Å². The van der Waals surface area contributed by atoms with Gasteiger partial charge in [0.1, 0.15) is 0 Å². The topological polar surface area (TPSA) is 0 Å². The Kier molecular flexibility index (Phi) is 11.4. The summed E-state index contributed by atoms with van der Waals surface area (Å²) in [5, 5.41) is 0. The van der Waals surface area contributed by atoms with E-state index >= 15 is 0 Å². The lowest BCUT2D eigenvalue weighted by Gasteiger charge is -2.33. The normalized spacial score (nSPS) is 13.2. The highest BCUT2D eigenvalue weighted by Crippen LogP contribution is 2.55. The molecule has 1 aliphatic rings. The van der Waals surface area contributed by atoms with E-state index in [1.807, 2.05) is 0 Å². The van der Waals surface area contributed by atoms with Crippen molar-refractivity contribution in [2.24, 2.45) is 0 Å². The van der Waals surface area contributed by atoms with E-state index in [0.717, 1.165) is 0 Å². The van der Waals surface area contributed by atoms with Gasteiger partial charge in [0.15, 0.2) is 0 Å². The van der Waals surface area contributed by atoms with Crippen molar-refractivity contribution in [3.8, 4) is 33.4 Å². The number of fused-ring (bicyclic) bond motifs is 3. The first-order chi connectivity index (χ1) is 21.9.